The smallest absolute Gasteiger partial charge is 0.414 e. The van der Waals surface area contributed by atoms with Gasteiger partial charge in [-0.2, -0.15) is 0 Å². The van der Waals surface area contributed by atoms with Gasteiger partial charge in [0.15, 0.2) is 17.5 Å². The molecule has 0 radical (unpaired) electrons. The predicted molar refractivity (Wildman–Crippen MR) is 123 cm³/mol. The first-order valence-corrected chi connectivity index (χ1v) is 11.2. The molecular formula is C24H23F4N5O3. The highest BCUT2D eigenvalue weighted by Gasteiger charge is 2.42. The molecule has 8 nitrogen and oxygen atoms in total. The van der Waals surface area contributed by atoms with Crippen LogP contribution in [0.4, 0.5) is 39.4 Å². The van der Waals surface area contributed by atoms with Crippen LogP contribution in [0.2, 0.25) is 0 Å². The van der Waals surface area contributed by atoms with Crippen molar-refractivity contribution in [3.63, 3.8) is 0 Å². The Kier molecular flexibility index (Phi) is 6.92. The largest absolute Gasteiger partial charge is 0.442 e. The maximum Gasteiger partial charge on any atom is 0.414 e. The second-order valence-corrected chi connectivity index (χ2v) is 8.67. The van der Waals surface area contributed by atoms with E-state index >= 15 is 4.39 Å². The van der Waals surface area contributed by atoms with Crippen LogP contribution in [-0.2, 0) is 9.53 Å². The van der Waals surface area contributed by atoms with E-state index in [1.165, 1.54) is 24.0 Å². The summed E-state index contributed by atoms with van der Waals surface area (Å²) in [7, 11) is 0. The van der Waals surface area contributed by atoms with Crippen molar-refractivity contribution in [3.05, 3.63) is 65.0 Å². The van der Waals surface area contributed by atoms with E-state index in [1.54, 1.807) is 11.0 Å². The number of amides is 2. The lowest BCUT2D eigenvalue weighted by atomic mass is 9.96. The molecule has 2 aliphatic heterocycles. The van der Waals surface area contributed by atoms with E-state index in [0.29, 0.717) is 5.69 Å². The number of anilines is 3. The van der Waals surface area contributed by atoms with Gasteiger partial charge in [0, 0.05) is 20.0 Å². The van der Waals surface area contributed by atoms with Gasteiger partial charge in [0.05, 0.1) is 43.0 Å². The van der Waals surface area contributed by atoms with Gasteiger partial charge in [0.1, 0.15) is 11.9 Å². The number of benzene rings is 2. The number of ether oxygens (including phenoxy) is 1. The second kappa shape index (κ2) is 9.93. The first-order chi connectivity index (χ1) is 17.1. The van der Waals surface area contributed by atoms with Gasteiger partial charge in [0.2, 0.25) is 5.91 Å². The minimum Gasteiger partial charge on any atom is -0.442 e. The number of piperidine rings is 1. The molecule has 36 heavy (non-hydrogen) atoms. The fraction of sp³-hybridized carbons (Fsp3) is 0.375. The third-order valence-electron chi connectivity index (χ3n) is 6.24. The van der Waals surface area contributed by atoms with Crippen molar-refractivity contribution in [1.82, 2.24) is 5.32 Å². The van der Waals surface area contributed by atoms with Crippen molar-refractivity contribution in [2.75, 3.05) is 41.3 Å². The van der Waals surface area contributed by atoms with Gasteiger partial charge in [-0.25, -0.2) is 28.9 Å². The maximum atomic E-state index is 15.0. The minimum atomic E-state index is -1.62. The first kappa shape index (κ1) is 25.1. The summed E-state index contributed by atoms with van der Waals surface area (Å²) in [5.41, 5.74) is -1.02. The summed E-state index contributed by atoms with van der Waals surface area (Å²) >= 11 is 0. The predicted octanol–water partition coefficient (Wildman–Crippen LogP) is 4.03. The Balaban J connectivity index is 1.42. The average Bonchev–Trinajstić information content (AvgIpc) is 3.24. The first-order valence-electron chi connectivity index (χ1n) is 11.2. The van der Waals surface area contributed by atoms with Crippen LogP contribution in [-0.4, -0.2) is 49.9 Å². The molecule has 12 heteroatoms. The molecule has 2 aromatic carbocycles. The molecule has 0 spiro atoms. The zero-order valence-corrected chi connectivity index (χ0v) is 19.3. The van der Waals surface area contributed by atoms with E-state index in [-0.39, 0.29) is 56.3 Å². The van der Waals surface area contributed by atoms with Gasteiger partial charge in [-0.15, -0.1) is 0 Å². The third-order valence-corrected chi connectivity index (χ3v) is 6.24. The summed E-state index contributed by atoms with van der Waals surface area (Å²) in [6.07, 6.45) is -0.869. The standard InChI is InChI=1S/C24H23F4N5O3/c1-14(34)30-12-16-13-33(23(35)36-16)15-3-6-20(18(26)11-15)32-9-7-24(29-2,8-10-32)31-19-5-4-17(25)21(27)22(19)28/h3-6,11,16,31H,7-10,12-13H2,1H3,(H,30,34)/t16-/m0/s1. The number of rotatable bonds is 6. The van der Waals surface area contributed by atoms with Crippen molar-refractivity contribution < 1.29 is 31.9 Å². The Bertz CT molecular complexity index is 1230. The molecular weight excluding hydrogens is 482 g/mol. The summed E-state index contributed by atoms with van der Waals surface area (Å²) in [4.78, 5) is 29.8. The normalized spacial score (nSPS) is 19.0. The number of nitrogens with zero attached hydrogens (tertiary/aromatic N) is 3. The summed E-state index contributed by atoms with van der Waals surface area (Å²) in [6.45, 7) is 9.72. The fourth-order valence-corrected chi connectivity index (χ4v) is 4.27. The highest BCUT2D eigenvalue weighted by Crippen LogP contribution is 2.35. The molecule has 0 bridgehead atoms. The van der Waals surface area contributed by atoms with Crippen molar-refractivity contribution in [2.24, 2.45) is 0 Å². The van der Waals surface area contributed by atoms with Gasteiger partial charge >= 0.3 is 11.8 Å². The number of carbonyl (C=O) groups excluding carboxylic acids is 2. The monoisotopic (exact) mass is 505 g/mol. The van der Waals surface area contributed by atoms with Crippen molar-refractivity contribution in [1.29, 1.82) is 0 Å². The molecule has 2 N–H and O–H groups in total. The van der Waals surface area contributed by atoms with Gasteiger partial charge < -0.3 is 20.3 Å². The maximum absolute atomic E-state index is 15.0. The van der Waals surface area contributed by atoms with Gasteiger partial charge in [-0.05, 0) is 30.3 Å². The topological polar surface area (TPSA) is 78.3 Å². The lowest BCUT2D eigenvalue weighted by Gasteiger charge is -2.36. The van der Waals surface area contributed by atoms with Gasteiger partial charge in [-0.3, -0.25) is 14.5 Å². The van der Waals surface area contributed by atoms with Crippen molar-refractivity contribution in [3.8, 4) is 0 Å². The molecule has 0 saturated carbocycles. The van der Waals surface area contributed by atoms with Crippen LogP contribution in [0.15, 0.2) is 30.3 Å². The quantitative estimate of drug-likeness (QED) is 0.352. The lowest BCUT2D eigenvalue weighted by Crippen LogP contribution is -2.47. The zero-order chi connectivity index (χ0) is 26.0. The van der Waals surface area contributed by atoms with E-state index in [2.05, 4.69) is 15.5 Å². The number of hydrogen-bond donors (Lipinski definition) is 2. The Morgan fingerprint density at radius 2 is 1.86 bits per heavy atom. The zero-order valence-electron chi connectivity index (χ0n) is 19.3. The Morgan fingerprint density at radius 1 is 1.14 bits per heavy atom. The van der Waals surface area contributed by atoms with Crippen LogP contribution in [0.25, 0.3) is 4.85 Å². The highest BCUT2D eigenvalue weighted by molar-refractivity contribution is 5.90. The molecule has 2 fully saturated rings. The molecule has 2 amide bonds. The minimum absolute atomic E-state index is 0.150. The molecule has 0 aromatic heterocycles. The number of hydrogen-bond acceptors (Lipinski definition) is 5. The summed E-state index contributed by atoms with van der Waals surface area (Å²) in [5, 5.41) is 5.27. The van der Waals surface area contributed by atoms with Crippen LogP contribution in [0.1, 0.15) is 19.8 Å². The summed E-state index contributed by atoms with van der Waals surface area (Å²) in [5.74, 6) is -5.19. The molecule has 2 aromatic rings. The molecule has 2 heterocycles. The Morgan fingerprint density at radius 3 is 2.50 bits per heavy atom. The molecule has 2 saturated heterocycles. The van der Waals surface area contributed by atoms with E-state index in [9.17, 15) is 22.8 Å². The third kappa shape index (κ3) is 5.00. The van der Waals surface area contributed by atoms with Gasteiger partial charge in [-0.1, -0.05) is 0 Å². The molecule has 190 valence electrons. The van der Waals surface area contributed by atoms with Crippen LogP contribution < -0.4 is 20.4 Å². The van der Waals surface area contributed by atoms with E-state index in [1.807, 2.05) is 0 Å². The van der Waals surface area contributed by atoms with Crippen molar-refractivity contribution in [2.45, 2.75) is 31.5 Å². The molecule has 0 unspecified atom stereocenters. The highest BCUT2D eigenvalue weighted by atomic mass is 19.2. The van der Waals surface area contributed by atoms with Crippen LogP contribution >= 0.6 is 0 Å². The fourth-order valence-electron chi connectivity index (χ4n) is 4.27. The number of cyclic esters (lactones) is 1. The lowest BCUT2D eigenvalue weighted by molar-refractivity contribution is -0.119. The second-order valence-electron chi connectivity index (χ2n) is 8.67. The number of nitrogens with one attached hydrogen (secondary N) is 2. The summed E-state index contributed by atoms with van der Waals surface area (Å²) in [6, 6.07) is 6.12. The van der Waals surface area contributed by atoms with E-state index in [0.717, 1.165) is 12.1 Å². The molecule has 1 atom stereocenters. The molecule has 2 aliphatic rings. The number of carbonyl (C=O) groups is 2. The van der Waals surface area contributed by atoms with Crippen LogP contribution in [0.5, 0.6) is 0 Å². The Hall–Kier alpha value is -4.01. The average molecular weight is 505 g/mol. The molecule has 4 rings (SSSR count). The van der Waals surface area contributed by atoms with Crippen LogP contribution in [0, 0.1) is 29.8 Å². The SMILES string of the molecule is [C-]#[N+]C1(Nc2ccc(F)c(F)c2F)CCN(c2ccc(N3C[C@H](CNC(C)=O)OC3=O)cc2F)CC1. The Labute approximate surface area is 204 Å². The molecule has 0 aliphatic carbocycles. The summed E-state index contributed by atoms with van der Waals surface area (Å²) < 4.78 is 61.2. The van der Waals surface area contributed by atoms with Gasteiger partial charge in [0.25, 0.3) is 0 Å². The van der Waals surface area contributed by atoms with E-state index < -0.39 is 41.1 Å². The van der Waals surface area contributed by atoms with E-state index in [4.69, 9.17) is 11.3 Å². The number of halogens is 4. The van der Waals surface area contributed by atoms with Crippen molar-refractivity contribution >= 4 is 29.1 Å². The van der Waals surface area contributed by atoms with Crippen LogP contribution in [0.3, 0.4) is 0 Å².